The number of amides is 1. The molecule has 1 aliphatic rings. The van der Waals surface area contributed by atoms with Gasteiger partial charge in [0.25, 0.3) is 0 Å². The lowest BCUT2D eigenvalue weighted by atomic mass is 10.1. The Morgan fingerprint density at radius 2 is 2.29 bits per heavy atom. The van der Waals surface area contributed by atoms with Crippen molar-refractivity contribution in [1.82, 2.24) is 25.1 Å². The highest BCUT2D eigenvalue weighted by molar-refractivity contribution is 7.99. The van der Waals surface area contributed by atoms with E-state index in [-0.39, 0.29) is 17.8 Å². The number of carbonyl (C=O) groups is 1. The van der Waals surface area contributed by atoms with Gasteiger partial charge in [-0.2, -0.15) is 9.61 Å². The Bertz CT molecular complexity index is 971. The first-order chi connectivity index (χ1) is 13.7. The Kier molecular flexibility index (Phi) is 5.73. The molecule has 3 aromatic rings. The van der Waals surface area contributed by atoms with Crippen molar-refractivity contribution in [2.75, 3.05) is 26.0 Å². The standard InChI is InChI=1S/C19H21N5O3S/c1-26-14-5-2-4-13(10-14)16-7-8-17-21-22-19(24(17)23-16)28-12-18(25)20-11-15-6-3-9-27-15/h2,4-5,7-8,10,15H,3,6,9,11-12H2,1H3,(H,20,25)/t15-/m1/s1. The number of rotatable bonds is 7. The molecule has 1 aliphatic heterocycles. The van der Waals surface area contributed by atoms with Crippen molar-refractivity contribution in [3.05, 3.63) is 36.4 Å². The average molecular weight is 399 g/mol. The molecule has 0 saturated carbocycles. The van der Waals surface area contributed by atoms with E-state index in [0.29, 0.717) is 17.3 Å². The van der Waals surface area contributed by atoms with E-state index >= 15 is 0 Å². The van der Waals surface area contributed by atoms with Gasteiger partial charge in [-0.25, -0.2) is 0 Å². The largest absolute Gasteiger partial charge is 0.497 e. The predicted octanol–water partition coefficient (Wildman–Crippen LogP) is 2.19. The highest BCUT2D eigenvalue weighted by Gasteiger charge is 2.17. The van der Waals surface area contributed by atoms with E-state index in [9.17, 15) is 4.79 Å². The van der Waals surface area contributed by atoms with Crippen LogP contribution in [0.15, 0.2) is 41.6 Å². The molecule has 146 valence electrons. The number of hydrogen-bond acceptors (Lipinski definition) is 7. The highest BCUT2D eigenvalue weighted by atomic mass is 32.2. The van der Waals surface area contributed by atoms with Crippen LogP contribution < -0.4 is 10.1 Å². The van der Waals surface area contributed by atoms with Crippen LogP contribution in [0.2, 0.25) is 0 Å². The molecule has 9 heteroatoms. The van der Waals surface area contributed by atoms with Crippen LogP contribution >= 0.6 is 11.8 Å². The van der Waals surface area contributed by atoms with Crippen molar-refractivity contribution in [2.24, 2.45) is 0 Å². The molecular formula is C19H21N5O3S. The van der Waals surface area contributed by atoms with Gasteiger partial charge >= 0.3 is 0 Å². The monoisotopic (exact) mass is 399 g/mol. The molecular weight excluding hydrogens is 378 g/mol. The molecule has 1 amide bonds. The molecule has 2 aromatic heterocycles. The minimum atomic E-state index is -0.0544. The Morgan fingerprint density at radius 3 is 3.11 bits per heavy atom. The van der Waals surface area contributed by atoms with Crippen molar-refractivity contribution < 1.29 is 14.3 Å². The molecule has 1 N–H and O–H groups in total. The summed E-state index contributed by atoms with van der Waals surface area (Å²) in [6.45, 7) is 1.33. The number of fused-ring (bicyclic) bond motifs is 1. The second kappa shape index (κ2) is 8.57. The lowest BCUT2D eigenvalue weighted by Crippen LogP contribution is -2.32. The van der Waals surface area contributed by atoms with Gasteiger partial charge in [0.05, 0.1) is 24.7 Å². The van der Waals surface area contributed by atoms with Crippen molar-refractivity contribution in [3.8, 4) is 17.0 Å². The zero-order chi connectivity index (χ0) is 19.3. The van der Waals surface area contributed by atoms with Crippen molar-refractivity contribution in [3.63, 3.8) is 0 Å². The minimum absolute atomic E-state index is 0.0544. The molecule has 0 aliphatic carbocycles. The molecule has 8 nitrogen and oxygen atoms in total. The first-order valence-electron chi connectivity index (χ1n) is 9.11. The van der Waals surface area contributed by atoms with Crippen LogP contribution in [-0.4, -0.2) is 57.8 Å². The zero-order valence-corrected chi connectivity index (χ0v) is 16.3. The Hall–Kier alpha value is -2.65. The van der Waals surface area contributed by atoms with Gasteiger partial charge < -0.3 is 14.8 Å². The quantitative estimate of drug-likeness (QED) is 0.609. The van der Waals surface area contributed by atoms with Gasteiger partial charge in [0, 0.05) is 18.7 Å². The summed E-state index contributed by atoms with van der Waals surface area (Å²) < 4.78 is 12.5. The van der Waals surface area contributed by atoms with E-state index in [1.807, 2.05) is 36.4 Å². The zero-order valence-electron chi connectivity index (χ0n) is 15.5. The molecule has 3 heterocycles. The van der Waals surface area contributed by atoms with E-state index in [2.05, 4.69) is 20.6 Å². The fourth-order valence-electron chi connectivity index (χ4n) is 3.01. The smallest absolute Gasteiger partial charge is 0.230 e. The van der Waals surface area contributed by atoms with Crippen LogP contribution in [-0.2, 0) is 9.53 Å². The van der Waals surface area contributed by atoms with Crippen LogP contribution in [0.3, 0.4) is 0 Å². The van der Waals surface area contributed by atoms with E-state index < -0.39 is 0 Å². The van der Waals surface area contributed by atoms with Gasteiger partial charge in [0.15, 0.2) is 5.65 Å². The molecule has 1 fully saturated rings. The number of aromatic nitrogens is 4. The SMILES string of the molecule is COc1cccc(-c2ccc3nnc(SCC(=O)NC[C@H]4CCCO4)n3n2)c1. The van der Waals surface area contributed by atoms with Gasteiger partial charge in [0.1, 0.15) is 5.75 Å². The number of hydrogen-bond donors (Lipinski definition) is 1. The van der Waals surface area contributed by atoms with Gasteiger partial charge in [-0.15, -0.1) is 10.2 Å². The first kappa shape index (κ1) is 18.7. The lowest BCUT2D eigenvalue weighted by Gasteiger charge is -2.10. The van der Waals surface area contributed by atoms with E-state index in [4.69, 9.17) is 9.47 Å². The molecule has 0 bridgehead atoms. The number of thioether (sulfide) groups is 1. The summed E-state index contributed by atoms with van der Waals surface area (Å²) in [7, 11) is 1.63. The van der Waals surface area contributed by atoms with Crippen LogP contribution in [0.4, 0.5) is 0 Å². The minimum Gasteiger partial charge on any atom is -0.497 e. The molecule has 0 unspecified atom stereocenters. The Balaban J connectivity index is 1.44. The van der Waals surface area contributed by atoms with Crippen LogP contribution in [0.5, 0.6) is 5.75 Å². The van der Waals surface area contributed by atoms with Crippen LogP contribution in [0.25, 0.3) is 16.9 Å². The molecule has 1 aromatic carbocycles. The number of nitrogens with zero attached hydrogens (tertiary/aromatic N) is 4. The third-order valence-electron chi connectivity index (χ3n) is 4.48. The van der Waals surface area contributed by atoms with Gasteiger partial charge in [0.2, 0.25) is 11.1 Å². The third kappa shape index (κ3) is 4.26. The molecule has 28 heavy (non-hydrogen) atoms. The topological polar surface area (TPSA) is 90.6 Å². The van der Waals surface area contributed by atoms with Gasteiger partial charge in [-0.05, 0) is 37.1 Å². The average Bonchev–Trinajstić information content (AvgIpc) is 3.40. The second-order valence-electron chi connectivity index (χ2n) is 6.43. The Labute approximate surface area is 166 Å². The number of benzene rings is 1. The van der Waals surface area contributed by atoms with Crippen molar-refractivity contribution in [1.29, 1.82) is 0 Å². The summed E-state index contributed by atoms with van der Waals surface area (Å²) in [5.41, 5.74) is 2.34. The van der Waals surface area contributed by atoms with Crippen LogP contribution in [0, 0.1) is 0 Å². The maximum atomic E-state index is 12.1. The number of nitrogens with one attached hydrogen (secondary N) is 1. The van der Waals surface area contributed by atoms with Gasteiger partial charge in [-0.3, -0.25) is 4.79 Å². The van der Waals surface area contributed by atoms with Gasteiger partial charge in [-0.1, -0.05) is 23.9 Å². The maximum absolute atomic E-state index is 12.1. The van der Waals surface area contributed by atoms with Crippen LogP contribution in [0.1, 0.15) is 12.8 Å². The summed E-state index contributed by atoms with van der Waals surface area (Å²) in [6.07, 6.45) is 2.19. The fourth-order valence-corrected chi connectivity index (χ4v) is 3.73. The van der Waals surface area contributed by atoms with E-state index in [0.717, 1.165) is 36.5 Å². The van der Waals surface area contributed by atoms with Crippen molar-refractivity contribution in [2.45, 2.75) is 24.1 Å². The third-order valence-corrected chi connectivity index (χ3v) is 5.40. The van der Waals surface area contributed by atoms with E-state index in [1.54, 1.807) is 11.6 Å². The number of methoxy groups -OCH3 is 1. The Morgan fingerprint density at radius 1 is 1.36 bits per heavy atom. The summed E-state index contributed by atoms with van der Waals surface area (Å²) in [5.74, 6) is 0.959. The molecule has 0 spiro atoms. The molecule has 1 atom stereocenters. The summed E-state index contributed by atoms with van der Waals surface area (Å²) >= 11 is 1.31. The normalized spacial score (nSPS) is 16.4. The number of carbonyl (C=O) groups excluding carboxylic acids is 1. The second-order valence-corrected chi connectivity index (χ2v) is 7.37. The summed E-state index contributed by atoms with van der Waals surface area (Å²) in [5, 5.41) is 16.4. The first-order valence-corrected chi connectivity index (χ1v) is 10.1. The highest BCUT2D eigenvalue weighted by Crippen LogP contribution is 2.23. The molecule has 4 rings (SSSR count). The summed E-state index contributed by atoms with van der Waals surface area (Å²) in [4.78, 5) is 12.1. The molecule has 1 saturated heterocycles. The predicted molar refractivity (Wildman–Crippen MR) is 105 cm³/mol. The summed E-state index contributed by atoms with van der Waals surface area (Å²) in [6, 6.07) is 11.4. The number of ether oxygens (including phenoxy) is 2. The maximum Gasteiger partial charge on any atom is 0.230 e. The van der Waals surface area contributed by atoms with Crippen molar-refractivity contribution >= 4 is 23.3 Å². The van der Waals surface area contributed by atoms with E-state index in [1.165, 1.54) is 11.8 Å². The fraction of sp³-hybridized carbons (Fsp3) is 0.368. The molecule has 0 radical (unpaired) electrons. The lowest BCUT2D eigenvalue weighted by molar-refractivity contribution is -0.119.